The largest absolute Gasteiger partial charge is 0.550 e. The van der Waals surface area contributed by atoms with Crippen molar-refractivity contribution in [2.45, 2.75) is 31.4 Å². The van der Waals surface area contributed by atoms with Gasteiger partial charge in [0, 0.05) is 18.8 Å². The first-order valence-corrected chi connectivity index (χ1v) is 5.41. The van der Waals surface area contributed by atoms with Crippen LogP contribution in [0.5, 0.6) is 0 Å². The molecule has 0 spiro atoms. The summed E-state index contributed by atoms with van der Waals surface area (Å²) >= 11 is 0. The van der Waals surface area contributed by atoms with Crippen molar-refractivity contribution in [2.75, 3.05) is 21.1 Å². The van der Waals surface area contributed by atoms with E-state index in [4.69, 9.17) is 0 Å². The molecule has 1 N–H and O–H groups in total. The number of hydrogen-bond donors (Lipinski definition) is 1. The van der Waals surface area contributed by atoms with Crippen molar-refractivity contribution in [3.63, 3.8) is 0 Å². The normalized spacial score (nSPS) is 17.0. The quantitative estimate of drug-likeness (QED) is 0.464. The Bertz CT molecular complexity index is 319. The highest BCUT2D eigenvalue weighted by atomic mass is 16.4. The number of carbonyl (C=O) groups excluding carboxylic acids is 2. The van der Waals surface area contributed by atoms with E-state index in [0.29, 0.717) is 6.42 Å². The van der Waals surface area contributed by atoms with E-state index in [1.165, 1.54) is 6.92 Å². The molecule has 17 heavy (non-hydrogen) atoms. The van der Waals surface area contributed by atoms with Gasteiger partial charge >= 0.3 is 0 Å². The highest BCUT2D eigenvalue weighted by molar-refractivity contribution is 5.89. The van der Waals surface area contributed by atoms with E-state index in [9.17, 15) is 19.8 Å². The van der Waals surface area contributed by atoms with Crippen LogP contribution in [0.4, 0.5) is 0 Å². The minimum absolute atomic E-state index is 0.259. The van der Waals surface area contributed by atoms with Crippen molar-refractivity contribution in [2.24, 2.45) is 0 Å². The molecule has 2 unspecified atom stereocenters. The fourth-order valence-electron chi connectivity index (χ4n) is 2.01. The Morgan fingerprint density at radius 2 is 1.94 bits per heavy atom. The predicted molar refractivity (Wildman–Crippen MR) is 61.9 cm³/mol. The Balaban J connectivity index is 5.44. The van der Waals surface area contributed by atoms with E-state index in [1.807, 2.05) is 0 Å². The summed E-state index contributed by atoms with van der Waals surface area (Å²) in [6, 6.07) is -0.574. The van der Waals surface area contributed by atoms with Gasteiger partial charge in [0.2, 0.25) is 0 Å². The third-order valence-electron chi connectivity index (χ3n) is 2.90. The van der Waals surface area contributed by atoms with Crippen LogP contribution >= 0.6 is 0 Å². The molecule has 2 atom stereocenters. The van der Waals surface area contributed by atoms with Gasteiger partial charge in [-0.3, -0.25) is 4.79 Å². The second-order valence-electron chi connectivity index (χ2n) is 5.19. The summed E-state index contributed by atoms with van der Waals surface area (Å²) in [7, 11) is 5.37. The van der Waals surface area contributed by atoms with Gasteiger partial charge in [-0.05, 0) is 6.92 Å². The number of aliphatic carboxylic acids is 1. The Morgan fingerprint density at radius 1 is 1.47 bits per heavy atom. The van der Waals surface area contributed by atoms with E-state index in [0.717, 1.165) is 0 Å². The molecule has 0 aromatic carbocycles. The van der Waals surface area contributed by atoms with E-state index < -0.39 is 29.8 Å². The molecule has 0 saturated heterocycles. The Morgan fingerprint density at radius 3 is 2.18 bits per heavy atom. The second-order valence-corrected chi connectivity index (χ2v) is 5.19. The molecular formula is C12H21NO4. The van der Waals surface area contributed by atoms with Gasteiger partial charge in [0.05, 0.1) is 21.1 Å². The van der Waals surface area contributed by atoms with Crippen LogP contribution in [0.15, 0.2) is 12.7 Å². The molecule has 0 rings (SSSR count). The van der Waals surface area contributed by atoms with Crippen LogP contribution in [0.3, 0.4) is 0 Å². The van der Waals surface area contributed by atoms with Crippen LogP contribution < -0.4 is 5.11 Å². The summed E-state index contributed by atoms with van der Waals surface area (Å²) < 4.78 is 0.259. The molecule has 0 aliphatic carbocycles. The zero-order chi connectivity index (χ0) is 13.9. The lowest BCUT2D eigenvalue weighted by atomic mass is 9.83. The Labute approximate surface area is 102 Å². The molecule has 0 heterocycles. The Hall–Kier alpha value is -1.20. The molecule has 0 aliphatic heterocycles. The zero-order valence-electron chi connectivity index (χ0n) is 10.9. The number of Topliss-reactive ketones (excluding diaryl/α,β-unsaturated/α-hetero) is 1. The SMILES string of the molecule is C=CCC(C(O)(CC(=O)[O-])C(C)=O)[N+](C)(C)C. The Kier molecular flexibility index (Phi) is 5.04. The predicted octanol–water partition coefficient (Wildman–Crippen LogP) is -0.903. The van der Waals surface area contributed by atoms with Crippen molar-refractivity contribution in [1.82, 2.24) is 0 Å². The number of hydrogen-bond acceptors (Lipinski definition) is 4. The molecule has 0 radical (unpaired) electrons. The molecule has 5 nitrogen and oxygen atoms in total. The van der Waals surface area contributed by atoms with Crippen LogP contribution in [-0.2, 0) is 9.59 Å². The van der Waals surface area contributed by atoms with Gasteiger partial charge in [-0.2, -0.15) is 0 Å². The number of nitrogens with zero attached hydrogens (tertiary/aromatic N) is 1. The minimum Gasteiger partial charge on any atom is -0.550 e. The molecule has 0 aliphatic rings. The molecule has 0 amide bonds. The highest BCUT2D eigenvalue weighted by Crippen LogP contribution is 2.26. The van der Waals surface area contributed by atoms with Crippen LogP contribution in [-0.4, -0.2) is 54.1 Å². The number of carbonyl (C=O) groups is 2. The number of carboxylic acids is 1. The summed E-state index contributed by atoms with van der Waals surface area (Å²) in [5.74, 6) is -2.01. The topological polar surface area (TPSA) is 77.4 Å². The molecule has 0 saturated carbocycles. The van der Waals surface area contributed by atoms with Crippen molar-refractivity contribution < 1.29 is 24.3 Å². The smallest absolute Gasteiger partial charge is 0.180 e. The maximum Gasteiger partial charge on any atom is 0.180 e. The maximum atomic E-state index is 11.6. The van der Waals surface area contributed by atoms with Gasteiger partial charge in [-0.25, -0.2) is 0 Å². The minimum atomic E-state index is -1.93. The molecule has 0 fully saturated rings. The van der Waals surface area contributed by atoms with Gasteiger partial charge in [0.1, 0.15) is 6.04 Å². The first kappa shape index (κ1) is 15.8. The van der Waals surface area contributed by atoms with E-state index in [2.05, 4.69) is 6.58 Å². The van der Waals surface area contributed by atoms with Crippen LogP contribution in [0, 0.1) is 0 Å². The van der Waals surface area contributed by atoms with Crippen molar-refractivity contribution in [1.29, 1.82) is 0 Å². The maximum absolute atomic E-state index is 11.6. The van der Waals surface area contributed by atoms with Gasteiger partial charge in [-0.15, -0.1) is 6.58 Å². The van der Waals surface area contributed by atoms with E-state index >= 15 is 0 Å². The second kappa shape index (κ2) is 5.42. The molecule has 0 aromatic heterocycles. The van der Waals surface area contributed by atoms with Gasteiger partial charge in [0.25, 0.3) is 0 Å². The molecule has 5 heteroatoms. The number of carboxylic acid groups (broad SMARTS) is 1. The van der Waals surface area contributed by atoms with Gasteiger partial charge in [0.15, 0.2) is 11.4 Å². The zero-order valence-corrected chi connectivity index (χ0v) is 10.9. The van der Waals surface area contributed by atoms with Crippen molar-refractivity contribution in [3.05, 3.63) is 12.7 Å². The summed E-state index contributed by atoms with van der Waals surface area (Å²) in [6.45, 7) is 4.76. The average molecular weight is 243 g/mol. The monoisotopic (exact) mass is 243 g/mol. The number of quaternary nitrogens is 1. The lowest BCUT2D eigenvalue weighted by molar-refractivity contribution is -0.901. The highest BCUT2D eigenvalue weighted by Gasteiger charge is 2.48. The van der Waals surface area contributed by atoms with Crippen LogP contribution in [0.1, 0.15) is 19.8 Å². The molecular weight excluding hydrogens is 222 g/mol. The number of rotatable bonds is 7. The molecule has 0 aromatic rings. The van der Waals surface area contributed by atoms with Gasteiger partial charge < -0.3 is 19.5 Å². The summed E-state index contributed by atoms with van der Waals surface area (Å²) in [5, 5.41) is 21.1. The standard InChI is InChI=1S/C12H21NO4/c1-6-7-10(13(3,4)5)12(17,9(2)14)8-11(15)16/h6,10,17H,1,7-8H2,2-5H3. The van der Waals surface area contributed by atoms with Crippen molar-refractivity contribution in [3.8, 4) is 0 Å². The third kappa shape index (κ3) is 3.94. The van der Waals surface area contributed by atoms with E-state index in [1.54, 1.807) is 27.2 Å². The first-order chi connectivity index (χ1) is 7.55. The van der Waals surface area contributed by atoms with Crippen LogP contribution in [0.25, 0.3) is 0 Å². The fraction of sp³-hybridized carbons (Fsp3) is 0.667. The first-order valence-electron chi connectivity index (χ1n) is 5.41. The summed E-state index contributed by atoms with van der Waals surface area (Å²) in [5.41, 5.74) is -1.93. The van der Waals surface area contributed by atoms with E-state index in [-0.39, 0.29) is 4.48 Å². The number of likely N-dealkylation sites (N-methyl/N-ethyl adjacent to an activating group) is 1. The molecule has 0 bridgehead atoms. The lowest BCUT2D eigenvalue weighted by Gasteiger charge is -2.43. The summed E-state index contributed by atoms with van der Waals surface area (Å²) in [6.07, 6.45) is 1.21. The van der Waals surface area contributed by atoms with Crippen LogP contribution in [0.2, 0.25) is 0 Å². The average Bonchev–Trinajstić information content (AvgIpc) is 2.10. The number of aliphatic hydroxyl groups is 1. The summed E-state index contributed by atoms with van der Waals surface area (Å²) in [4.78, 5) is 22.3. The third-order valence-corrected chi connectivity index (χ3v) is 2.90. The fourth-order valence-corrected chi connectivity index (χ4v) is 2.01. The molecule has 98 valence electrons. The van der Waals surface area contributed by atoms with Crippen molar-refractivity contribution >= 4 is 11.8 Å². The number of ketones is 1. The van der Waals surface area contributed by atoms with Gasteiger partial charge in [-0.1, -0.05) is 6.08 Å². The lowest BCUT2D eigenvalue weighted by Crippen LogP contribution is -2.63.